The zero-order chi connectivity index (χ0) is 14.8. The van der Waals surface area contributed by atoms with Crippen LogP contribution < -0.4 is 5.32 Å². The Morgan fingerprint density at radius 1 is 1.14 bits per heavy atom. The highest BCUT2D eigenvalue weighted by atomic mass is 19.1. The standard InChI is InChI=1S/C16H15FN2O2/c17-16-7-2-1-6-15(16)11-8-13(9-11)18-12-4-3-5-14(10-12)19(20)21/h1-7,10-11,13,18H,8-9H2. The van der Waals surface area contributed by atoms with Crippen molar-refractivity contribution in [3.8, 4) is 0 Å². The normalized spacial score (nSPS) is 20.6. The van der Waals surface area contributed by atoms with Crippen molar-refractivity contribution in [3.05, 3.63) is 70.0 Å². The summed E-state index contributed by atoms with van der Waals surface area (Å²) < 4.78 is 13.7. The van der Waals surface area contributed by atoms with Gasteiger partial charge in [-0.2, -0.15) is 0 Å². The third-order valence-corrected chi connectivity index (χ3v) is 3.91. The molecule has 0 saturated heterocycles. The lowest BCUT2D eigenvalue weighted by Gasteiger charge is -2.37. The monoisotopic (exact) mass is 286 g/mol. The van der Waals surface area contributed by atoms with E-state index in [2.05, 4.69) is 5.32 Å². The number of non-ortho nitro benzene ring substituents is 1. The second kappa shape index (κ2) is 5.52. The molecule has 1 N–H and O–H groups in total. The number of nitrogens with zero attached hydrogens (tertiary/aromatic N) is 1. The molecule has 0 atom stereocenters. The first-order valence-electron chi connectivity index (χ1n) is 6.89. The highest BCUT2D eigenvalue weighted by molar-refractivity contribution is 5.52. The van der Waals surface area contributed by atoms with Gasteiger partial charge in [-0.25, -0.2) is 4.39 Å². The zero-order valence-electron chi connectivity index (χ0n) is 11.3. The van der Waals surface area contributed by atoms with Crippen molar-refractivity contribution in [2.24, 2.45) is 0 Å². The fourth-order valence-corrected chi connectivity index (χ4v) is 2.74. The van der Waals surface area contributed by atoms with E-state index in [1.165, 1.54) is 18.2 Å². The largest absolute Gasteiger partial charge is 0.382 e. The molecule has 2 aromatic rings. The Morgan fingerprint density at radius 2 is 1.90 bits per heavy atom. The number of anilines is 1. The van der Waals surface area contributed by atoms with Crippen LogP contribution >= 0.6 is 0 Å². The first-order chi connectivity index (χ1) is 10.1. The Balaban J connectivity index is 1.61. The van der Waals surface area contributed by atoms with Gasteiger partial charge >= 0.3 is 0 Å². The van der Waals surface area contributed by atoms with Crippen molar-refractivity contribution >= 4 is 11.4 Å². The first-order valence-corrected chi connectivity index (χ1v) is 6.89. The summed E-state index contributed by atoms with van der Waals surface area (Å²) in [5.41, 5.74) is 1.57. The molecule has 2 aromatic carbocycles. The minimum atomic E-state index is -0.409. The summed E-state index contributed by atoms with van der Waals surface area (Å²) in [6, 6.07) is 13.5. The number of nitrogens with one attached hydrogen (secondary N) is 1. The Morgan fingerprint density at radius 3 is 2.62 bits per heavy atom. The molecule has 0 unspecified atom stereocenters. The lowest BCUT2D eigenvalue weighted by molar-refractivity contribution is -0.384. The van der Waals surface area contributed by atoms with Crippen LogP contribution in [0.4, 0.5) is 15.8 Å². The van der Waals surface area contributed by atoms with Crippen LogP contribution in [0, 0.1) is 15.9 Å². The Labute approximate surface area is 121 Å². The van der Waals surface area contributed by atoms with E-state index in [0.29, 0.717) is 0 Å². The van der Waals surface area contributed by atoms with Gasteiger partial charge in [0.15, 0.2) is 0 Å². The third kappa shape index (κ3) is 2.86. The molecule has 5 heteroatoms. The van der Waals surface area contributed by atoms with Crippen molar-refractivity contribution in [2.45, 2.75) is 24.8 Å². The molecular formula is C16H15FN2O2. The first kappa shape index (κ1) is 13.5. The summed E-state index contributed by atoms with van der Waals surface area (Å²) in [6.45, 7) is 0. The van der Waals surface area contributed by atoms with E-state index in [-0.39, 0.29) is 23.5 Å². The van der Waals surface area contributed by atoms with Gasteiger partial charge in [0.25, 0.3) is 5.69 Å². The second-order valence-corrected chi connectivity index (χ2v) is 5.34. The van der Waals surface area contributed by atoms with Gasteiger partial charge in [-0.15, -0.1) is 0 Å². The van der Waals surface area contributed by atoms with Crippen LogP contribution in [0.5, 0.6) is 0 Å². The summed E-state index contributed by atoms with van der Waals surface area (Å²) in [5.74, 6) is 0.0682. The van der Waals surface area contributed by atoms with Crippen LogP contribution in [-0.2, 0) is 0 Å². The van der Waals surface area contributed by atoms with Crippen molar-refractivity contribution in [1.29, 1.82) is 0 Å². The topological polar surface area (TPSA) is 55.2 Å². The fourth-order valence-electron chi connectivity index (χ4n) is 2.74. The van der Waals surface area contributed by atoms with E-state index >= 15 is 0 Å². The third-order valence-electron chi connectivity index (χ3n) is 3.91. The van der Waals surface area contributed by atoms with E-state index < -0.39 is 4.92 Å². The van der Waals surface area contributed by atoms with Crippen LogP contribution in [-0.4, -0.2) is 11.0 Å². The van der Waals surface area contributed by atoms with Gasteiger partial charge < -0.3 is 5.32 Å². The maximum atomic E-state index is 13.7. The molecule has 1 saturated carbocycles. The average Bonchev–Trinajstić information content (AvgIpc) is 2.44. The van der Waals surface area contributed by atoms with Gasteiger partial charge in [0.1, 0.15) is 5.82 Å². The SMILES string of the molecule is O=[N+]([O-])c1cccc(NC2CC(c3ccccc3F)C2)c1. The number of benzene rings is 2. The molecule has 1 fully saturated rings. The maximum Gasteiger partial charge on any atom is 0.271 e. The molecule has 0 radical (unpaired) electrons. The highest BCUT2D eigenvalue weighted by Crippen LogP contribution is 2.39. The summed E-state index contributed by atoms with van der Waals surface area (Å²) >= 11 is 0. The summed E-state index contributed by atoms with van der Waals surface area (Å²) in [7, 11) is 0. The number of hydrogen-bond acceptors (Lipinski definition) is 3. The quantitative estimate of drug-likeness (QED) is 0.680. The minimum absolute atomic E-state index is 0.0741. The minimum Gasteiger partial charge on any atom is -0.382 e. The molecule has 0 bridgehead atoms. The molecule has 0 spiro atoms. The van der Waals surface area contributed by atoms with Crippen LogP contribution in [0.15, 0.2) is 48.5 Å². The number of hydrogen-bond donors (Lipinski definition) is 1. The van der Waals surface area contributed by atoms with Gasteiger partial charge in [-0.1, -0.05) is 24.3 Å². The summed E-state index contributed by atoms with van der Waals surface area (Å²) in [6.07, 6.45) is 1.67. The van der Waals surface area contributed by atoms with Crippen molar-refractivity contribution in [2.75, 3.05) is 5.32 Å². The molecule has 0 amide bonds. The van der Waals surface area contributed by atoms with Crippen LogP contribution in [0.2, 0.25) is 0 Å². The smallest absolute Gasteiger partial charge is 0.271 e. The predicted molar refractivity (Wildman–Crippen MR) is 78.9 cm³/mol. The maximum absolute atomic E-state index is 13.7. The highest BCUT2D eigenvalue weighted by Gasteiger charge is 2.31. The van der Waals surface area contributed by atoms with E-state index in [1.807, 2.05) is 18.2 Å². The second-order valence-electron chi connectivity index (χ2n) is 5.34. The van der Waals surface area contributed by atoms with Gasteiger partial charge in [-0.05, 0) is 36.5 Å². The predicted octanol–water partition coefficient (Wildman–Crippen LogP) is 4.09. The molecule has 4 nitrogen and oxygen atoms in total. The van der Waals surface area contributed by atoms with Crippen LogP contribution in [0.25, 0.3) is 0 Å². The fraction of sp³-hybridized carbons (Fsp3) is 0.250. The van der Waals surface area contributed by atoms with Crippen molar-refractivity contribution < 1.29 is 9.31 Å². The van der Waals surface area contributed by atoms with Crippen LogP contribution in [0.3, 0.4) is 0 Å². The van der Waals surface area contributed by atoms with E-state index in [0.717, 1.165) is 24.1 Å². The van der Waals surface area contributed by atoms with Crippen molar-refractivity contribution in [3.63, 3.8) is 0 Å². The molecule has 1 aliphatic rings. The van der Waals surface area contributed by atoms with E-state index in [9.17, 15) is 14.5 Å². The van der Waals surface area contributed by atoms with Gasteiger partial charge in [0.05, 0.1) is 4.92 Å². The molecule has 0 heterocycles. The molecular weight excluding hydrogens is 271 g/mol. The van der Waals surface area contributed by atoms with Gasteiger partial charge in [0.2, 0.25) is 0 Å². The summed E-state index contributed by atoms with van der Waals surface area (Å²) in [5, 5.41) is 14.0. The number of halogens is 1. The number of nitro groups is 1. The Bertz CT molecular complexity index is 669. The summed E-state index contributed by atoms with van der Waals surface area (Å²) in [4.78, 5) is 10.3. The molecule has 0 aliphatic heterocycles. The lowest BCUT2D eigenvalue weighted by atomic mass is 9.75. The van der Waals surface area contributed by atoms with Crippen LogP contribution in [0.1, 0.15) is 24.3 Å². The van der Waals surface area contributed by atoms with E-state index in [4.69, 9.17) is 0 Å². The van der Waals surface area contributed by atoms with E-state index in [1.54, 1.807) is 12.1 Å². The number of rotatable bonds is 4. The zero-order valence-corrected chi connectivity index (χ0v) is 11.3. The Kier molecular flexibility index (Phi) is 3.56. The molecule has 108 valence electrons. The molecule has 21 heavy (non-hydrogen) atoms. The molecule has 0 aromatic heterocycles. The number of nitro benzene ring substituents is 1. The van der Waals surface area contributed by atoms with Gasteiger partial charge in [0, 0.05) is 23.9 Å². The molecule has 1 aliphatic carbocycles. The molecule has 3 rings (SSSR count). The van der Waals surface area contributed by atoms with Gasteiger partial charge in [-0.3, -0.25) is 10.1 Å². The van der Waals surface area contributed by atoms with Crippen molar-refractivity contribution in [1.82, 2.24) is 0 Å². The Hall–Kier alpha value is -2.43. The lowest BCUT2D eigenvalue weighted by Crippen LogP contribution is -2.34. The average molecular weight is 286 g/mol.